The number of β-amino-alcohol motifs (C(OH)–C–C–N with tert-alkyl or cyclic N) is 1. The zero-order valence-corrected chi connectivity index (χ0v) is 27.9. The van der Waals surface area contributed by atoms with Crippen molar-refractivity contribution in [1.29, 1.82) is 0 Å². The second kappa shape index (κ2) is 14.6. The van der Waals surface area contributed by atoms with Gasteiger partial charge in [-0.05, 0) is 29.7 Å². The molecule has 3 amide bonds. The molecule has 2 aliphatic rings. The first kappa shape index (κ1) is 34.4. The van der Waals surface area contributed by atoms with Crippen LogP contribution in [0.15, 0.2) is 121 Å². The number of Topliss-reactive ketones (excluding diaryl/α,β-unsaturated/α-hetero) is 1. The number of nitrogens with one attached hydrogen (secondary N) is 1. The van der Waals surface area contributed by atoms with Crippen LogP contribution in [0.25, 0.3) is 0 Å². The number of benzene rings is 4. The van der Waals surface area contributed by atoms with Gasteiger partial charge < -0.3 is 29.5 Å². The summed E-state index contributed by atoms with van der Waals surface area (Å²) < 4.78 is 18.7. The minimum atomic E-state index is -1.77. The molecule has 6 rings (SSSR count). The van der Waals surface area contributed by atoms with E-state index in [1.54, 1.807) is 44.6 Å². The van der Waals surface area contributed by atoms with Crippen molar-refractivity contribution < 1.29 is 33.7 Å². The zero-order chi connectivity index (χ0) is 35.3. The maximum absolute atomic E-state index is 13.8. The Hall–Kier alpha value is -5.49. The zero-order valence-electron chi connectivity index (χ0n) is 27.9. The number of ether oxygens (including phenoxy) is 3. The van der Waals surface area contributed by atoms with Crippen LogP contribution in [0.3, 0.4) is 0 Å². The van der Waals surface area contributed by atoms with Crippen molar-refractivity contribution in [3.8, 4) is 11.5 Å². The summed E-state index contributed by atoms with van der Waals surface area (Å²) in [7, 11) is 3.15. The minimum Gasteiger partial charge on any atom is -0.493 e. The van der Waals surface area contributed by atoms with Gasteiger partial charge in [-0.25, -0.2) is 4.79 Å². The number of likely N-dealkylation sites (tertiary alicyclic amines) is 1. The Morgan fingerprint density at radius 3 is 2.10 bits per heavy atom. The number of aliphatic hydroxyl groups excluding tert-OH is 1. The molecule has 0 aromatic heterocycles. The molecule has 3 atom stereocenters. The van der Waals surface area contributed by atoms with Crippen LogP contribution in [0.4, 0.5) is 4.79 Å². The molecular formula is C39H40N4O7. The van der Waals surface area contributed by atoms with Gasteiger partial charge >= 0.3 is 6.03 Å². The van der Waals surface area contributed by atoms with Crippen LogP contribution in [-0.4, -0.2) is 84.4 Å². The maximum Gasteiger partial charge on any atom is 0.323 e. The van der Waals surface area contributed by atoms with Gasteiger partial charge in [0.25, 0.3) is 0 Å². The number of nitrogens with two attached hydrogens (primary N) is 1. The lowest BCUT2D eigenvalue weighted by Crippen LogP contribution is -2.65. The smallest absolute Gasteiger partial charge is 0.323 e. The predicted octanol–water partition coefficient (Wildman–Crippen LogP) is 4.05. The summed E-state index contributed by atoms with van der Waals surface area (Å²) in [4.78, 5) is 42.7. The van der Waals surface area contributed by atoms with Crippen LogP contribution in [-0.2, 0) is 15.1 Å². The third-order valence-corrected chi connectivity index (χ3v) is 9.16. The Kier molecular flexibility index (Phi) is 10.0. The molecule has 258 valence electrons. The van der Waals surface area contributed by atoms with E-state index in [0.29, 0.717) is 22.6 Å². The number of methoxy groups -OCH3 is 2. The van der Waals surface area contributed by atoms with E-state index in [9.17, 15) is 19.5 Å². The third-order valence-electron chi connectivity index (χ3n) is 9.16. The number of hydrogen-bond donors (Lipinski definition) is 3. The summed E-state index contributed by atoms with van der Waals surface area (Å²) >= 11 is 0. The van der Waals surface area contributed by atoms with Crippen molar-refractivity contribution in [2.45, 2.75) is 29.8 Å². The molecule has 1 fully saturated rings. The number of para-hydroxylation sites is 1. The number of carbonyl (C=O) groups excluding carboxylic acids is 3. The van der Waals surface area contributed by atoms with Gasteiger partial charge in [-0.15, -0.1) is 0 Å². The lowest BCUT2D eigenvalue weighted by molar-refractivity contribution is -0.134. The van der Waals surface area contributed by atoms with E-state index in [0.717, 1.165) is 16.0 Å². The maximum atomic E-state index is 13.8. The molecule has 2 heterocycles. The van der Waals surface area contributed by atoms with Crippen LogP contribution in [0.2, 0.25) is 0 Å². The Balaban J connectivity index is 1.28. The molecule has 11 nitrogen and oxygen atoms in total. The predicted molar refractivity (Wildman–Crippen MR) is 186 cm³/mol. The number of hydrogen-bond acceptors (Lipinski definition) is 8. The lowest BCUT2D eigenvalue weighted by atomic mass is 9.79. The number of aliphatic hydroxyl groups is 1. The summed E-state index contributed by atoms with van der Waals surface area (Å²) in [6.07, 6.45) is 2.18. The average molecular weight is 677 g/mol. The highest BCUT2D eigenvalue weighted by molar-refractivity contribution is 6.06. The van der Waals surface area contributed by atoms with Crippen LogP contribution in [0.5, 0.6) is 11.5 Å². The fourth-order valence-electron chi connectivity index (χ4n) is 6.70. The van der Waals surface area contributed by atoms with E-state index in [4.69, 9.17) is 19.9 Å². The molecule has 11 heteroatoms. The van der Waals surface area contributed by atoms with Crippen LogP contribution < -0.4 is 20.5 Å². The first-order valence-corrected chi connectivity index (χ1v) is 16.3. The summed E-state index contributed by atoms with van der Waals surface area (Å²) in [5.74, 6) is 0.129. The highest BCUT2D eigenvalue weighted by Crippen LogP contribution is 2.47. The van der Waals surface area contributed by atoms with Gasteiger partial charge in [-0.1, -0.05) is 103 Å². The number of amides is 3. The summed E-state index contributed by atoms with van der Waals surface area (Å²) in [5, 5.41) is 13.3. The van der Waals surface area contributed by atoms with Crippen molar-refractivity contribution in [2.75, 3.05) is 33.9 Å². The summed E-state index contributed by atoms with van der Waals surface area (Å²) in [5.41, 5.74) is 5.98. The van der Waals surface area contributed by atoms with E-state index < -0.39 is 41.1 Å². The van der Waals surface area contributed by atoms with Gasteiger partial charge in [0.05, 0.1) is 33.0 Å². The molecule has 2 aliphatic heterocycles. The first-order valence-electron chi connectivity index (χ1n) is 16.3. The quantitative estimate of drug-likeness (QED) is 0.151. The van der Waals surface area contributed by atoms with E-state index in [1.165, 1.54) is 17.2 Å². The molecule has 4 aromatic rings. The van der Waals surface area contributed by atoms with E-state index in [2.05, 4.69) is 5.32 Å². The van der Waals surface area contributed by atoms with Crippen molar-refractivity contribution in [2.24, 2.45) is 5.73 Å². The van der Waals surface area contributed by atoms with Crippen molar-refractivity contribution in [3.05, 3.63) is 144 Å². The number of nitrogens with zero attached hydrogens (tertiary/aromatic N) is 2. The number of rotatable bonds is 12. The fraction of sp³-hybridized carbons (Fsp3) is 0.256. The standard InChI is InChI=1S/C39H40N4O7/c1-48-33-20-12-19-32(35(33)49-2)39(28-15-8-4-9-16-28,29-17-10-5-11-18-29)50-26-30-23-31(44)24-43(30)34(45)25-42-22-21-38(40,41-37(42)47)36(46)27-13-6-3-7-14-27/h3-22,30-31,44H,23-26,40H2,1-2H3,(H,41,47). The van der Waals surface area contributed by atoms with Crippen molar-refractivity contribution in [3.63, 3.8) is 0 Å². The van der Waals surface area contributed by atoms with E-state index in [1.807, 2.05) is 78.9 Å². The normalized spacial score (nSPS) is 20.4. The highest BCUT2D eigenvalue weighted by Gasteiger charge is 2.44. The number of ketones is 1. The molecule has 0 saturated carbocycles. The fourth-order valence-corrected chi connectivity index (χ4v) is 6.70. The van der Waals surface area contributed by atoms with Crippen LogP contribution in [0, 0.1) is 0 Å². The SMILES string of the molecule is COc1cccc(C(OCC2CC(O)CN2C(=O)CN2C=CC(N)(C(=O)c3ccccc3)NC2=O)(c2ccccc2)c2ccccc2)c1OC. The van der Waals surface area contributed by atoms with Gasteiger partial charge in [0.1, 0.15) is 12.1 Å². The van der Waals surface area contributed by atoms with Gasteiger partial charge in [0.2, 0.25) is 11.7 Å². The molecule has 4 aromatic carbocycles. The Morgan fingerprint density at radius 2 is 1.52 bits per heavy atom. The molecule has 0 bridgehead atoms. The third kappa shape index (κ3) is 6.58. The summed E-state index contributed by atoms with van der Waals surface area (Å²) in [6, 6.07) is 32.2. The second-order valence-electron chi connectivity index (χ2n) is 12.3. The van der Waals surface area contributed by atoms with Crippen LogP contribution >= 0.6 is 0 Å². The lowest BCUT2D eigenvalue weighted by Gasteiger charge is -2.39. The molecular weight excluding hydrogens is 636 g/mol. The average Bonchev–Trinajstić information content (AvgIpc) is 3.54. The molecule has 3 unspecified atom stereocenters. The van der Waals surface area contributed by atoms with Gasteiger partial charge in [-0.3, -0.25) is 20.2 Å². The molecule has 1 saturated heterocycles. The van der Waals surface area contributed by atoms with Gasteiger partial charge in [-0.2, -0.15) is 0 Å². The second-order valence-corrected chi connectivity index (χ2v) is 12.3. The van der Waals surface area contributed by atoms with E-state index in [-0.39, 0.29) is 26.1 Å². The summed E-state index contributed by atoms with van der Waals surface area (Å²) in [6.45, 7) is -0.245. The first-order chi connectivity index (χ1) is 24.2. The van der Waals surface area contributed by atoms with Crippen molar-refractivity contribution in [1.82, 2.24) is 15.1 Å². The molecule has 0 spiro atoms. The van der Waals surface area contributed by atoms with Crippen molar-refractivity contribution >= 4 is 17.7 Å². The largest absolute Gasteiger partial charge is 0.493 e. The monoisotopic (exact) mass is 676 g/mol. The number of carbonyl (C=O) groups is 3. The molecule has 0 aliphatic carbocycles. The topological polar surface area (TPSA) is 144 Å². The van der Waals surface area contributed by atoms with E-state index >= 15 is 0 Å². The molecule has 50 heavy (non-hydrogen) atoms. The number of urea groups is 1. The Labute approximate surface area is 290 Å². The molecule has 0 radical (unpaired) electrons. The Morgan fingerprint density at radius 1 is 0.900 bits per heavy atom. The van der Waals surface area contributed by atoms with Gasteiger partial charge in [0.15, 0.2) is 17.2 Å². The highest BCUT2D eigenvalue weighted by atomic mass is 16.5. The van der Waals surface area contributed by atoms with Crippen LogP contribution in [0.1, 0.15) is 33.5 Å². The van der Waals surface area contributed by atoms with Gasteiger partial charge in [0, 0.05) is 23.9 Å². The Bertz CT molecular complexity index is 1810. The molecule has 4 N–H and O–H groups in total. The minimum absolute atomic E-state index is 0.0342.